The highest BCUT2D eigenvalue weighted by Crippen LogP contribution is 2.39. The topological polar surface area (TPSA) is 103 Å². The molecule has 164 valence electrons. The number of hydrogen-bond donors (Lipinski definition) is 1. The van der Waals surface area contributed by atoms with E-state index in [1.807, 2.05) is 4.90 Å². The molecule has 3 aromatic rings. The van der Waals surface area contributed by atoms with Gasteiger partial charge in [-0.05, 0) is 25.0 Å². The summed E-state index contributed by atoms with van der Waals surface area (Å²) in [5, 5.41) is 4.14. The van der Waals surface area contributed by atoms with E-state index >= 15 is 0 Å². The molecule has 0 radical (unpaired) electrons. The van der Waals surface area contributed by atoms with Gasteiger partial charge in [0.15, 0.2) is 5.75 Å². The maximum absolute atomic E-state index is 13.9. The molecule has 1 atom stereocenters. The maximum atomic E-state index is 13.9. The van der Waals surface area contributed by atoms with Crippen LogP contribution in [0.1, 0.15) is 24.4 Å². The van der Waals surface area contributed by atoms with Crippen LogP contribution in [-0.2, 0) is 4.84 Å². The van der Waals surface area contributed by atoms with Gasteiger partial charge in [-0.25, -0.2) is 23.7 Å². The van der Waals surface area contributed by atoms with Gasteiger partial charge in [-0.3, -0.25) is 4.84 Å². The van der Waals surface area contributed by atoms with Crippen molar-refractivity contribution in [3.05, 3.63) is 42.1 Å². The molecule has 1 amide bonds. The first-order chi connectivity index (χ1) is 15.1. The number of pyridine rings is 1. The van der Waals surface area contributed by atoms with E-state index in [1.54, 1.807) is 12.3 Å². The highest BCUT2D eigenvalue weighted by Gasteiger charge is 2.31. The Hall–Kier alpha value is -3.18. The number of hydrogen-bond acceptors (Lipinski definition) is 8. The number of halogens is 2. The Morgan fingerprint density at radius 3 is 3.10 bits per heavy atom. The summed E-state index contributed by atoms with van der Waals surface area (Å²) >= 11 is 5.49. The van der Waals surface area contributed by atoms with Crippen molar-refractivity contribution in [3.8, 4) is 11.6 Å². The van der Waals surface area contributed by atoms with Gasteiger partial charge in [-0.1, -0.05) is 0 Å². The monoisotopic (exact) mass is 450 g/mol. The lowest BCUT2D eigenvalue weighted by Gasteiger charge is -2.26. The molecule has 31 heavy (non-hydrogen) atoms. The summed E-state index contributed by atoms with van der Waals surface area (Å²) in [5.41, 5.74) is 3.13. The minimum absolute atomic E-state index is 0.141. The zero-order chi connectivity index (χ0) is 21.8. The van der Waals surface area contributed by atoms with Crippen molar-refractivity contribution in [2.75, 3.05) is 31.0 Å². The summed E-state index contributed by atoms with van der Waals surface area (Å²) < 4.78 is 25.9. The fourth-order valence-corrected chi connectivity index (χ4v) is 3.63. The SMILES string of the molecule is COc1ncc(F)cc1[C@H]1CCCN1c1ccn2ncc(OC(=O)NOCCCl)c2n1. The third-order valence-corrected chi connectivity index (χ3v) is 4.96. The van der Waals surface area contributed by atoms with E-state index in [0.717, 1.165) is 19.0 Å². The molecule has 4 rings (SSSR count). The van der Waals surface area contributed by atoms with Gasteiger partial charge in [0.25, 0.3) is 0 Å². The molecular formula is C19H20ClFN6O4. The molecule has 1 fully saturated rings. The zero-order valence-electron chi connectivity index (χ0n) is 16.6. The van der Waals surface area contributed by atoms with Crippen LogP contribution in [0.15, 0.2) is 30.7 Å². The summed E-state index contributed by atoms with van der Waals surface area (Å²) in [6.07, 6.45) is 5.08. The molecule has 0 unspecified atom stereocenters. The van der Waals surface area contributed by atoms with E-state index in [4.69, 9.17) is 25.9 Å². The highest BCUT2D eigenvalue weighted by atomic mass is 35.5. The molecule has 1 saturated heterocycles. The normalized spacial score (nSPS) is 16.0. The van der Waals surface area contributed by atoms with Gasteiger partial charge in [0.05, 0.1) is 32.2 Å². The first-order valence-electron chi connectivity index (χ1n) is 9.56. The molecule has 0 aromatic carbocycles. The Balaban J connectivity index is 1.60. The van der Waals surface area contributed by atoms with Gasteiger partial charge in [-0.15, -0.1) is 11.6 Å². The number of hydroxylamine groups is 1. The second-order valence-electron chi connectivity index (χ2n) is 6.70. The van der Waals surface area contributed by atoms with Crippen molar-refractivity contribution < 1.29 is 23.5 Å². The third-order valence-electron chi connectivity index (χ3n) is 4.80. The molecule has 12 heteroatoms. The number of anilines is 1. The zero-order valence-corrected chi connectivity index (χ0v) is 17.4. The van der Waals surface area contributed by atoms with Crippen molar-refractivity contribution in [2.45, 2.75) is 18.9 Å². The second-order valence-corrected chi connectivity index (χ2v) is 7.07. The Kier molecular flexibility index (Phi) is 6.33. The average Bonchev–Trinajstić information content (AvgIpc) is 3.41. The lowest BCUT2D eigenvalue weighted by molar-refractivity contribution is 0.0548. The van der Waals surface area contributed by atoms with Crippen molar-refractivity contribution >= 4 is 29.2 Å². The smallest absolute Gasteiger partial charge is 0.436 e. The van der Waals surface area contributed by atoms with Crippen molar-refractivity contribution in [1.29, 1.82) is 0 Å². The van der Waals surface area contributed by atoms with E-state index in [9.17, 15) is 9.18 Å². The first-order valence-corrected chi connectivity index (χ1v) is 10.1. The molecule has 10 nitrogen and oxygen atoms in total. The second kappa shape index (κ2) is 9.31. The predicted molar refractivity (Wildman–Crippen MR) is 109 cm³/mol. The molecule has 0 bridgehead atoms. The van der Waals surface area contributed by atoms with Crippen molar-refractivity contribution in [1.82, 2.24) is 25.1 Å². The van der Waals surface area contributed by atoms with E-state index < -0.39 is 11.9 Å². The number of amides is 1. The van der Waals surface area contributed by atoms with Crippen LogP contribution >= 0.6 is 11.6 Å². The fourth-order valence-electron chi connectivity index (χ4n) is 3.56. The summed E-state index contributed by atoms with van der Waals surface area (Å²) in [6, 6.07) is 3.07. The molecule has 0 aliphatic carbocycles. The minimum atomic E-state index is -0.818. The van der Waals surface area contributed by atoms with Gasteiger partial charge in [0.1, 0.15) is 11.6 Å². The van der Waals surface area contributed by atoms with Gasteiger partial charge in [0, 0.05) is 24.2 Å². The molecule has 0 spiro atoms. The number of aromatic nitrogens is 4. The van der Waals surface area contributed by atoms with E-state index in [0.29, 0.717) is 29.5 Å². The van der Waals surface area contributed by atoms with Crippen LogP contribution < -0.4 is 19.9 Å². The van der Waals surface area contributed by atoms with Crippen LogP contribution in [0.3, 0.4) is 0 Å². The van der Waals surface area contributed by atoms with Gasteiger partial charge in [0.2, 0.25) is 11.5 Å². The number of methoxy groups -OCH3 is 1. The molecule has 0 saturated carbocycles. The maximum Gasteiger partial charge on any atom is 0.436 e. The lowest BCUT2D eigenvalue weighted by Crippen LogP contribution is -2.28. The number of alkyl halides is 1. The van der Waals surface area contributed by atoms with Crippen LogP contribution in [0, 0.1) is 5.82 Å². The Morgan fingerprint density at radius 2 is 2.29 bits per heavy atom. The summed E-state index contributed by atoms with van der Waals surface area (Å²) in [5.74, 6) is 0.964. The number of ether oxygens (including phenoxy) is 2. The average molecular weight is 451 g/mol. The third kappa shape index (κ3) is 4.47. The standard InChI is InChI=1S/C19H20ClFN6O4/c1-29-18-13(9-12(21)10-22-18)14-3-2-6-26(14)16-4-7-27-17(24-16)15(11-23-27)31-19(28)25-30-8-5-20/h4,7,9-11,14H,2-3,5-6,8H2,1H3,(H,25,28)/t14-/m1/s1. The molecule has 1 aliphatic heterocycles. The predicted octanol–water partition coefficient (Wildman–Crippen LogP) is 2.87. The fraction of sp³-hybridized carbons (Fsp3) is 0.368. The lowest BCUT2D eigenvalue weighted by atomic mass is 10.1. The number of rotatable bonds is 7. The van der Waals surface area contributed by atoms with Gasteiger partial charge < -0.3 is 14.4 Å². The van der Waals surface area contributed by atoms with Gasteiger partial charge >= 0.3 is 6.09 Å². The Bertz CT molecular complexity index is 1080. The number of carbonyl (C=O) groups is 1. The molecule has 1 aliphatic rings. The summed E-state index contributed by atoms with van der Waals surface area (Å²) in [7, 11) is 1.51. The van der Waals surface area contributed by atoms with E-state index in [2.05, 4.69) is 20.5 Å². The molecule has 4 heterocycles. The first kappa shape index (κ1) is 21.1. The van der Waals surface area contributed by atoms with Crippen LogP contribution in [0.25, 0.3) is 5.65 Å². The Labute approximate surface area is 181 Å². The molecular weight excluding hydrogens is 431 g/mol. The van der Waals surface area contributed by atoms with Crippen LogP contribution in [0.4, 0.5) is 15.0 Å². The quantitative estimate of drug-likeness (QED) is 0.333. The summed E-state index contributed by atoms with van der Waals surface area (Å²) in [6.45, 7) is 0.854. The van der Waals surface area contributed by atoms with E-state index in [-0.39, 0.29) is 24.3 Å². The number of fused-ring (bicyclic) bond motifs is 1. The number of nitrogens with zero attached hydrogens (tertiary/aromatic N) is 5. The highest BCUT2D eigenvalue weighted by molar-refractivity contribution is 6.17. The van der Waals surface area contributed by atoms with Crippen molar-refractivity contribution in [3.63, 3.8) is 0 Å². The van der Waals surface area contributed by atoms with Crippen LogP contribution in [0.2, 0.25) is 0 Å². The van der Waals surface area contributed by atoms with Crippen molar-refractivity contribution in [2.24, 2.45) is 0 Å². The molecule has 3 aromatic heterocycles. The number of nitrogens with one attached hydrogen (secondary N) is 1. The Morgan fingerprint density at radius 1 is 1.42 bits per heavy atom. The van der Waals surface area contributed by atoms with Gasteiger partial charge in [-0.2, -0.15) is 10.6 Å². The summed E-state index contributed by atoms with van der Waals surface area (Å²) in [4.78, 5) is 27.4. The van der Waals surface area contributed by atoms with Crippen LogP contribution in [0.5, 0.6) is 11.6 Å². The largest absolute Gasteiger partial charge is 0.481 e. The van der Waals surface area contributed by atoms with E-state index in [1.165, 1.54) is 23.9 Å². The van der Waals surface area contributed by atoms with Crippen LogP contribution in [-0.4, -0.2) is 51.8 Å². The minimum Gasteiger partial charge on any atom is -0.481 e. The molecule has 1 N–H and O–H groups in total. The number of carbonyl (C=O) groups excluding carboxylic acids is 1.